The standard InChI is InChI=1S/C72H38N4S2/c73-39-59-65(57-37-41-17-1-3-19-43(41)45-21-5-7-23-47(45)57)67(75-61-29-13-9-25-49(61)53-33-35-55-51-27-11-15-31-63(51)77-71(55)69(53)75)60(40-74)68(66(59)58-38-42-18-2-4-20-44(42)46-22-6-8-24-48(46)58)76-62-30-14-10-26-50(62)54-34-36-56-52-28-12-16-32-64(52)78-72(56)70(54)76/h1-38H. The number of thiophene rings is 2. The first kappa shape index (κ1) is 43.2. The minimum absolute atomic E-state index is 0.468. The van der Waals surface area contributed by atoms with Crippen molar-refractivity contribution in [2.24, 2.45) is 0 Å². The summed E-state index contributed by atoms with van der Waals surface area (Å²) in [6.07, 6.45) is 0. The largest absolute Gasteiger partial charge is 0.306 e. The van der Waals surface area contributed by atoms with Crippen molar-refractivity contribution in [2.45, 2.75) is 0 Å². The molecule has 6 heteroatoms. The van der Waals surface area contributed by atoms with Crippen molar-refractivity contribution in [3.05, 3.63) is 242 Å². The van der Waals surface area contributed by atoms with Gasteiger partial charge in [0.25, 0.3) is 0 Å². The maximum absolute atomic E-state index is 13.0. The molecule has 0 aliphatic heterocycles. The predicted octanol–water partition coefficient (Wildman–Crippen LogP) is 20.3. The van der Waals surface area contributed by atoms with Gasteiger partial charge in [0.2, 0.25) is 0 Å². The van der Waals surface area contributed by atoms with Gasteiger partial charge in [-0.2, -0.15) is 10.5 Å². The summed E-state index contributed by atoms with van der Waals surface area (Å²) in [6, 6.07) is 88.4. The van der Waals surface area contributed by atoms with Crippen LogP contribution >= 0.6 is 22.7 Å². The van der Waals surface area contributed by atoms with Gasteiger partial charge in [0, 0.05) is 63.6 Å². The number of hydrogen-bond donors (Lipinski definition) is 0. The molecule has 0 fully saturated rings. The van der Waals surface area contributed by atoms with Gasteiger partial charge in [0.1, 0.15) is 17.7 Å². The van der Waals surface area contributed by atoms with E-state index in [2.05, 4.69) is 252 Å². The first-order valence-corrected chi connectivity index (χ1v) is 27.8. The van der Waals surface area contributed by atoms with E-state index in [0.29, 0.717) is 33.6 Å². The molecule has 0 aliphatic rings. The van der Waals surface area contributed by atoms with E-state index >= 15 is 0 Å². The van der Waals surface area contributed by atoms with Gasteiger partial charge in [-0.3, -0.25) is 0 Å². The maximum Gasteiger partial charge on any atom is 0.104 e. The molecule has 4 heterocycles. The van der Waals surface area contributed by atoms with Gasteiger partial charge in [0.15, 0.2) is 0 Å². The number of rotatable bonds is 4. The van der Waals surface area contributed by atoms with E-state index in [1.807, 2.05) is 0 Å². The molecule has 4 aromatic heterocycles. The molecule has 358 valence electrons. The number of aromatic nitrogens is 2. The third kappa shape index (κ3) is 5.74. The van der Waals surface area contributed by atoms with E-state index in [4.69, 9.17) is 0 Å². The van der Waals surface area contributed by atoms with Crippen molar-refractivity contribution in [3.63, 3.8) is 0 Å². The third-order valence-corrected chi connectivity index (χ3v) is 18.9. The first-order valence-electron chi connectivity index (χ1n) is 26.2. The maximum atomic E-state index is 13.0. The molecule has 0 N–H and O–H groups in total. The normalized spacial score (nSPS) is 12.1. The van der Waals surface area contributed by atoms with Gasteiger partial charge in [-0.25, -0.2) is 0 Å². The molecule has 78 heavy (non-hydrogen) atoms. The number of nitrogens with zero attached hydrogens (tertiary/aromatic N) is 4. The second kappa shape index (κ2) is 16.2. The van der Waals surface area contributed by atoms with Crippen LogP contribution in [0.25, 0.3) is 161 Å². The number of nitriles is 2. The smallest absolute Gasteiger partial charge is 0.104 e. The summed E-state index contributed by atoms with van der Waals surface area (Å²) in [6.45, 7) is 0. The van der Waals surface area contributed by atoms with Gasteiger partial charge in [0.05, 0.1) is 48.4 Å². The lowest BCUT2D eigenvalue weighted by atomic mass is 9.82. The minimum atomic E-state index is 0.468. The molecule has 17 aromatic rings. The molecular formula is C72H38N4S2. The molecule has 0 saturated heterocycles. The number of benzene rings is 13. The SMILES string of the molecule is N#Cc1c(-c2cc3ccccc3c3ccccc23)c(-n2c3ccccc3c3ccc4c5ccccc5sc4c32)c(C#N)c(-n2c3ccccc3c3ccc4c5ccccc5sc4c32)c1-c1cc2ccccc2c2ccccc12. The summed E-state index contributed by atoms with van der Waals surface area (Å²) in [4.78, 5) is 0. The highest BCUT2D eigenvalue weighted by Crippen LogP contribution is 2.54. The fourth-order valence-corrected chi connectivity index (χ4v) is 15.8. The highest BCUT2D eigenvalue weighted by Gasteiger charge is 2.34. The van der Waals surface area contributed by atoms with Crippen LogP contribution in [0.5, 0.6) is 0 Å². The van der Waals surface area contributed by atoms with Crippen LogP contribution in [0.15, 0.2) is 231 Å². The molecule has 4 nitrogen and oxygen atoms in total. The Morgan fingerprint density at radius 2 is 0.641 bits per heavy atom. The van der Waals surface area contributed by atoms with Crippen LogP contribution in [0.2, 0.25) is 0 Å². The summed E-state index contributed by atoms with van der Waals surface area (Å²) in [7, 11) is 0. The monoisotopic (exact) mass is 1020 g/mol. The molecule has 0 aliphatic carbocycles. The summed E-state index contributed by atoms with van der Waals surface area (Å²) in [5, 5.41) is 43.3. The second-order valence-electron chi connectivity index (χ2n) is 20.4. The van der Waals surface area contributed by atoms with E-state index in [1.165, 1.54) is 20.2 Å². The summed E-state index contributed by atoms with van der Waals surface area (Å²) in [5.41, 5.74) is 9.40. The Bertz CT molecular complexity index is 5280. The molecule has 0 unspecified atom stereocenters. The number of hydrogen-bond acceptors (Lipinski definition) is 4. The van der Waals surface area contributed by atoms with E-state index < -0.39 is 0 Å². The molecule has 0 amide bonds. The van der Waals surface area contributed by atoms with Crippen molar-refractivity contribution < 1.29 is 0 Å². The van der Waals surface area contributed by atoms with Crippen LogP contribution in [-0.4, -0.2) is 9.13 Å². The van der Waals surface area contributed by atoms with Crippen molar-refractivity contribution in [1.29, 1.82) is 10.5 Å². The molecule has 0 spiro atoms. The average Bonchev–Trinajstić information content (AvgIpc) is 4.41. The Hall–Kier alpha value is -10.1. The summed E-state index contributed by atoms with van der Waals surface area (Å²) < 4.78 is 9.36. The Morgan fingerprint density at radius 1 is 0.295 bits per heavy atom. The molecular weight excluding hydrogens is 985 g/mol. The Balaban J connectivity index is 1.20. The Morgan fingerprint density at radius 3 is 1.08 bits per heavy atom. The lowest BCUT2D eigenvalue weighted by Crippen LogP contribution is -2.11. The van der Waals surface area contributed by atoms with Gasteiger partial charge < -0.3 is 9.13 Å². The zero-order chi connectivity index (χ0) is 51.3. The van der Waals surface area contributed by atoms with Crippen LogP contribution in [0.3, 0.4) is 0 Å². The first-order chi connectivity index (χ1) is 38.7. The molecule has 17 rings (SSSR count). The van der Waals surface area contributed by atoms with Gasteiger partial charge in [-0.05, 0) is 90.6 Å². The molecule has 0 atom stereocenters. The van der Waals surface area contributed by atoms with E-state index in [0.717, 1.165) is 118 Å². The van der Waals surface area contributed by atoms with Crippen LogP contribution in [0.1, 0.15) is 11.1 Å². The zero-order valence-electron chi connectivity index (χ0n) is 41.5. The molecule has 0 saturated carbocycles. The van der Waals surface area contributed by atoms with E-state index in [9.17, 15) is 10.5 Å². The second-order valence-corrected chi connectivity index (χ2v) is 22.5. The van der Waals surface area contributed by atoms with Crippen LogP contribution < -0.4 is 0 Å². The summed E-state index contributed by atoms with van der Waals surface area (Å²) in [5.74, 6) is 0. The predicted molar refractivity (Wildman–Crippen MR) is 331 cm³/mol. The van der Waals surface area contributed by atoms with Crippen LogP contribution in [0, 0.1) is 22.7 Å². The van der Waals surface area contributed by atoms with Crippen molar-refractivity contribution >= 4 is 150 Å². The van der Waals surface area contributed by atoms with Gasteiger partial charge in [-0.15, -0.1) is 22.7 Å². The van der Waals surface area contributed by atoms with Crippen molar-refractivity contribution in [1.82, 2.24) is 9.13 Å². The highest BCUT2D eigenvalue weighted by atomic mass is 32.1. The molecule has 0 radical (unpaired) electrons. The topological polar surface area (TPSA) is 57.4 Å². The molecule has 0 bridgehead atoms. The highest BCUT2D eigenvalue weighted by molar-refractivity contribution is 7.27. The van der Waals surface area contributed by atoms with Crippen LogP contribution in [0.4, 0.5) is 0 Å². The lowest BCUT2D eigenvalue weighted by molar-refractivity contribution is 1.12. The van der Waals surface area contributed by atoms with Gasteiger partial charge in [-0.1, -0.05) is 194 Å². The Kier molecular flexibility index (Phi) is 8.98. The van der Waals surface area contributed by atoms with E-state index in [-0.39, 0.29) is 0 Å². The Labute approximate surface area is 453 Å². The quantitative estimate of drug-likeness (QED) is 0.165. The number of para-hydroxylation sites is 2. The van der Waals surface area contributed by atoms with E-state index in [1.54, 1.807) is 22.7 Å². The van der Waals surface area contributed by atoms with Gasteiger partial charge >= 0.3 is 0 Å². The van der Waals surface area contributed by atoms with Crippen molar-refractivity contribution in [3.8, 4) is 45.8 Å². The average molecular weight is 1020 g/mol. The summed E-state index contributed by atoms with van der Waals surface area (Å²) >= 11 is 3.57. The zero-order valence-corrected chi connectivity index (χ0v) is 43.2. The number of fused-ring (bicyclic) bond motifs is 20. The minimum Gasteiger partial charge on any atom is -0.306 e. The lowest BCUT2D eigenvalue weighted by Gasteiger charge is -2.27. The molecule has 13 aromatic carbocycles. The fourth-order valence-electron chi connectivity index (χ4n) is 13.4. The fraction of sp³-hybridized carbons (Fsp3) is 0. The van der Waals surface area contributed by atoms with Crippen molar-refractivity contribution in [2.75, 3.05) is 0 Å². The third-order valence-electron chi connectivity index (χ3n) is 16.6. The van der Waals surface area contributed by atoms with Crippen LogP contribution in [-0.2, 0) is 0 Å².